The lowest BCUT2D eigenvalue weighted by Gasteiger charge is -2.13. The Morgan fingerprint density at radius 3 is 2.94 bits per heavy atom. The Bertz CT molecular complexity index is 333. The topological polar surface area (TPSA) is 32.3 Å². The van der Waals surface area contributed by atoms with Crippen molar-refractivity contribution in [3.05, 3.63) is 34.6 Å². The Labute approximate surface area is 100 Å². The lowest BCUT2D eigenvalue weighted by Crippen LogP contribution is -2.25. The summed E-state index contributed by atoms with van der Waals surface area (Å²) in [7, 11) is 0. The van der Waals surface area contributed by atoms with Gasteiger partial charge in [-0.15, -0.1) is 0 Å². The van der Waals surface area contributed by atoms with Crippen molar-refractivity contribution in [2.75, 3.05) is 6.61 Å². The lowest BCUT2D eigenvalue weighted by molar-refractivity contribution is 0.276. The molecule has 0 amide bonds. The Morgan fingerprint density at radius 2 is 2.25 bits per heavy atom. The predicted molar refractivity (Wildman–Crippen MR) is 64.0 cm³/mol. The number of aliphatic hydroxyl groups excluding tert-OH is 1. The van der Waals surface area contributed by atoms with Gasteiger partial charge in [0.1, 0.15) is 5.82 Å². The smallest absolute Gasteiger partial charge is 0.142 e. The molecule has 0 spiro atoms. The second kappa shape index (κ2) is 6.84. The Morgan fingerprint density at radius 1 is 1.50 bits per heavy atom. The first-order chi connectivity index (χ1) is 7.65. The fraction of sp³-hybridized carbons (Fsp3) is 0.500. The second-order valence-corrected chi connectivity index (χ2v) is 4.24. The molecule has 0 aliphatic rings. The van der Waals surface area contributed by atoms with Gasteiger partial charge in [0.25, 0.3) is 0 Å². The molecular weight excluding hydrogens is 229 g/mol. The van der Waals surface area contributed by atoms with Crippen molar-refractivity contribution >= 4 is 11.6 Å². The molecule has 0 aromatic heterocycles. The van der Waals surface area contributed by atoms with E-state index in [9.17, 15) is 4.39 Å². The SMILES string of the molecule is CC(CCCO)NCc1cccc(F)c1Cl. The first-order valence-corrected chi connectivity index (χ1v) is 5.80. The van der Waals surface area contributed by atoms with Gasteiger partial charge in [-0.25, -0.2) is 4.39 Å². The van der Waals surface area contributed by atoms with Crippen LogP contribution in [-0.2, 0) is 6.54 Å². The molecule has 2 nitrogen and oxygen atoms in total. The monoisotopic (exact) mass is 245 g/mol. The Kier molecular flexibility index (Phi) is 5.74. The molecule has 0 saturated heterocycles. The molecule has 0 fully saturated rings. The Balaban J connectivity index is 2.45. The minimum absolute atomic E-state index is 0.185. The highest BCUT2D eigenvalue weighted by Crippen LogP contribution is 2.19. The van der Waals surface area contributed by atoms with Crippen LogP contribution in [0.15, 0.2) is 18.2 Å². The van der Waals surface area contributed by atoms with Crippen LogP contribution in [0.2, 0.25) is 5.02 Å². The van der Waals surface area contributed by atoms with Gasteiger partial charge in [0.15, 0.2) is 0 Å². The number of hydrogen-bond donors (Lipinski definition) is 2. The molecule has 0 heterocycles. The minimum atomic E-state index is -0.385. The zero-order valence-electron chi connectivity index (χ0n) is 9.34. The van der Waals surface area contributed by atoms with Crippen molar-refractivity contribution in [2.24, 2.45) is 0 Å². The number of hydrogen-bond acceptors (Lipinski definition) is 2. The number of halogens is 2. The number of benzene rings is 1. The van der Waals surface area contributed by atoms with Gasteiger partial charge in [-0.2, -0.15) is 0 Å². The second-order valence-electron chi connectivity index (χ2n) is 3.86. The average Bonchev–Trinajstić information content (AvgIpc) is 2.28. The fourth-order valence-corrected chi connectivity index (χ4v) is 1.66. The van der Waals surface area contributed by atoms with Crippen molar-refractivity contribution in [1.29, 1.82) is 0 Å². The van der Waals surface area contributed by atoms with E-state index in [1.807, 2.05) is 6.92 Å². The first kappa shape index (κ1) is 13.4. The molecule has 1 rings (SSSR count). The molecule has 0 aliphatic heterocycles. The third kappa shape index (κ3) is 4.08. The van der Waals surface area contributed by atoms with Crippen molar-refractivity contribution in [3.63, 3.8) is 0 Å². The van der Waals surface area contributed by atoms with E-state index in [0.29, 0.717) is 6.54 Å². The van der Waals surface area contributed by atoms with Crippen LogP contribution in [0.3, 0.4) is 0 Å². The van der Waals surface area contributed by atoms with Gasteiger partial charge >= 0.3 is 0 Å². The maximum Gasteiger partial charge on any atom is 0.142 e. The molecule has 0 radical (unpaired) electrons. The standard InChI is InChI=1S/C12H17ClFNO/c1-9(4-3-7-16)15-8-10-5-2-6-11(14)12(10)13/h2,5-6,9,15-16H,3-4,7-8H2,1H3. The maximum absolute atomic E-state index is 13.1. The average molecular weight is 246 g/mol. The van der Waals surface area contributed by atoms with Crippen molar-refractivity contribution in [1.82, 2.24) is 5.32 Å². The Hall–Kier alpha value is -0.640. The summed E-state index contributed by atoms with van der Waals surface area (Å²) in [6.45, 7) is 2.78. The van der Waals surface area contributed by atoms with Crippen LogP contribution in [0.25, 0.3) is 0 Å². The summed E-state index contributed by atoms with van der Waals surface area (Å²) in [5, 5.41) is 12.1. The third-order valence-electron chi connectivity index (χ3n) is 2.47. The van der Waals surface area contributed by atoms with Crippen LogP contribution in [0.5, 0.6) is 0 Å². The fourth-order valence-electron chi connectivity index (χ4n) is 1.47. The van der Waals surface area contributed by atoms with Gasteiger partial charge in [-0.05, 0) is 31.4 Å². The van der Waals surface area contributed by atoms with E-state index in [1.165, 1.54) is 6.07 Å². The predicted octanol–water partition coefficient (Wildman–Crippen LogP) is 2.73. The molecule has 4 heteroatoms. The molecule has 16 heavy (non-hydrogen) atoms. The summed E-state index contributed by atoms with van der Waals surface area (Å²) in [6.07, 6.45) is 1.66. The molecule has 1 aromatic rings. The summed E-state index contributed by atoms with van der Waals surface area (Å²) in [5.41, 5.74) is 0.762. The van der Waals surface area contributed by atoms with Crippen LogP contribution in [-0.4, -0.2) is 17.8 Å². The summed E-state index contributed by atoms with van der Waals surface area (Å²) >= 11 is 5.83. The summed E-state index contributed by atoms with van der Waals surface area (Å²) in [5.74, 6) is -0.385. The maximum atomic E-state index is 13.1. The van der Waals surface area contributed by atoms with Gasteiger partial charge in [0.05, 0.1) is 5.02 Å². The van der Waals surface area contributed by atoms with Gasteiger partial charge < -0.3 is 10.4 Å². The molecular formula is C12H17ClFNO. The normalized spacial score (nSPS) is 12.8. The molecule has 1 aromatic carbocycles. The van der Waals surface area contributed by atoms with E-state index in [0.717, 1.165) is 18.4 Å². The highest BCUT2D eigenvalue weighted by molar-refractivity contribution is 6.31. The lowest BCUT2D eigenvalue weighted by atomic mass is 10.1. The molecule has 0 bridgehead atoms. The largest absolute Gasteiger partial charge is 0.396 e. The molecule has 1 unspecified atom stereocenters. The summed E-state index contributed by atoms with van der Waals surface area (Å²) < 4.78 is 13.1. The zero-order chi connectivity index (χ0) is 12.0. The van der Waals surface area contributed by atoms with E-state index < -0.39 is 0 Å². The van der Waals surface area contributed by atoms with Crippen LogP contribution in [0, 0.1) is 5.82 Å². The summed E-state index contributed by atoms with van der Waals surface area (Å²) in [6, 6.07) is 5.08. The van der Waals surface area contributed by atoms with Gasteiger partial charge in [0, 0.05) is 19.2 Å². The van der Waals surface area contributed by atoms with Crippen molar-refractivity contribution in [2.45, 2.75) is 32.4 Å². The molecule has 0 aliphatic carbocycles. The van der Waals surface area contributed by atoms with E-state index in [2.05, 4.69) is 5.32 Å². The molecule has 2 N–H and O–H groups in total. The van der Waals surface area contributed by atoms with Crippen LogP contribution >= 0.6 is 11.6 Å². The van der Waals surface area contributed by atoms with Gasteiger partial charge in [-0.3, -0.25) is 0 Å². The van der Waals surface area contributed by atoms with E-state index in [1.54, 1.807) is 12.1 Å². The van der Waals surface area contributed by atoms with Gasteiger partial charge in [-0.1, -0.05) is 23.7 Å². The molecule has 90 valence electrons. The summed E-state index contributed by atoms with van der Waals surface area (Å²) in [4.78, 5) is 0. The van der Waals surface area contributed by atoms with E-state index >= 15 is 0 Å². The zero-order valence-corrected chi connectivity index (χ0v) is 10.1. The number of nitrogens with one attached hydrogen (secondary N) is 1. The third-order valence-corrected chi connectivity index (χ3v) is 2.89. The van der Waals surface area contributed by atoms with Crippen LogP contribution < -0.4 is 5.32 Å². The van der Waals surface area contributed by atoms with E-state index in [-0.39, 0.29) is 23.5 Å². The van der Waals surface area contributed by atoms with Crippen LogP contribution in [0.4, 0.5) is 4.39 Å². The van der Waals surface area contributed by atoms with Crippen LogP contribution in [0.1, 0.15) is 25.3 Å². The number of aliphatic hydroxyl groups is 1. The number of rotatable bonds is 6. The minimum Gasteiger partial charge on any atom is -0.396 e. The first-order valence-electron chi connectivity index (χ1n) is 5.42. The highest BCUT2D eigenvalue weighted by atomic mass is 35.5. The van der Waals surface area contributed by atoms with E-state index in [4.69, 9.17) is 16.7 Å². The molecule has 1 atom stereocenters. The van der Waals surface area contributed by atoms with Gasteiger partial charge in [0.2, 0.25) is 0 Å². The molecule has 0 saturated carbocycles. The highest BCUT2D eigenvalue weighted by Gasteiger charge is 2.06. The van der Waals surface area contributed by atoms with Crippen molar-refractivity contribution < 1.29 is 9.50 Å². The van der Waals surface area contributed by atoms with Crippen molar-refractivity contribution in [3.8, 4) is 0 Å². The quantitative estimate of drug-likeness (QED) is 0.808.